The Bertz CT molecular complexity index is 1430. The molecule has 2 heterocycles. The summed E-state index contributed by atoms with van der Waals surface area (Å²) in [6.45, 7) is 7.23. The lowest BCUT2D eigenvalue weighted by molar-refractivity contribution is -0.116. The second-order valence-electron chi connectivity index (χ2n) is 8.93. The van der Waals surface area contributed by atoms with Gasteiger partial charge < -0.3 is 30.6 Å². The number of nitrogens with zero attached hydrogens (tertiary/aromatic N) is 3. The number of rotatable bonds is 12. The van der Waals surface area contributed by atoms with E-state index in [4.69, 9.17) is 15.5 Å². The number of fused-ring (bicyclic) bond motifs is 3. The van der Waals surface area contributed by atoms with Gasteiger partial charge in [-0.25, -0.2) is 9.97 Å². The zero-order valence-corrected chi connectivity index (χ0v) is 21.0. The second kappa shape index (κ2) is 11.7. The van der Waals surface area contributed by atoms with Gasteiger partial charge in [0.25, 0.3) is 0 Å². The van der Waals surface area contributed by atoms with Gasteiger partial charge in [-0.2, -0.15) is 0 Å². The van der Waals surface area contributed by atoms with Crippen LogP contribution in [0.5, 0.6) is 11.5 Å². The summed E-state index contributed by atoms with van der Waals surface area (Å²) >= 11 is 0. The molecule has 0 aliphatic heterocycles. The van der Waals surface area contributed by atoms with Crippen LogP contribution >= 0.6 is 0 Å². The maximum atomic E-state index is 11.2. The highest BCUT2D eigenvalue weighted by Gasteiger charge is 2.19. The summed E-state index contributed by atoms with van der Waals surface area (Å²) in [5, 5.41) is 24.0. The number of hydrogen-bond acceptors (Lipinski definition) is 7. The molecule has 4 rings (SSSR count). The minimum Gasteiger partial charge on any atom is -0.508 e. The van der Waals surface area contributed by atoms with Crippen molar-refractivity contribution in [3.63, 3.8) is 0 Å². The zero-order chi connectivity index (χ0) is 26.4. The highest BCUT2D eigenvalue weighted by molar-refractivity contribution is 6.06. The number of pyridine rings is 1. The van der Waals surface area contributed by atoms with Crippen molar-refractivity contribution in [2.45, 2.75) is 39.2 Å². The molecule has 9 nitrogen and oxygen atoms in total. The lowest BCUT2D eigenvalue weighted by Gasteiger charge is -2.13. The molecular weight excluding hydrogens is 470 g/mol. The number of anilines is 1. The van der Waals surface area contributed by atoms with Crippen molar-refractivity contribution in [3.05, 3.63) is 66.0 Å². The molecule has 194 valence electrons. The Morgan fingerprint density at radius 2 is 2.00 bits per heavy atom. The number of ether oxygens (including phenoxy) is 1. The van der Waals surface area contributed by atoms with Gasteiger partial charge in [-0.15, -0.1) is 0 Å². The summed E-state index contributed by atoms with van der Waals surface area (Å²) in [6, 6.07) is 10.6. The topological polar surface area (TPSA) is 136 Å². The van der Waals surface area contributed by atoms with Crippen LogP contribution in [0, 0.1) is 0 Å². The molecule has 0 saturated heterocycles. The van der Waals surface area contributed by atoms with Crippen LogP contribution < -0.4 is 11.1 Å². The van der Waals surface area contributed by atoms with Crippen molar-refractivity contribution in [1.29, 1.82) is 0 Å². The highest BCUT2D eigenvalue weighted by Crippen LogP contribution is 2.32. The van der Waals surface area contributed by atoms with Crippen LogP contribution in [0.15, 0.2) is 49.1 Å². The molecule has 0 bridgehead atoms. The quantitative estimate of drug-likeness (QED) is 0.131. The van der Waals surface area contributed by atoms with E-state index in [-0.39, 0.29) is 17.4 Å². The molecule has 9 heteroatoms. The average Bonchev–Trinajstić information content (AvgIpc) is 3.25. The number of amides is 1. The summed E-state index contributed by atoms with van der Waals surface area (Å²) in [5.41, 5.74) is 10.3. The molecule has 5 N–H and O–H groups in total. The summed E-state index contributed by atoms with van der Waals surface area (Å²) < 4.78 is 7.70. The first-order valence-corrected chi connectivity index (χ1v) is 12.5. The molecule has 37 heavy (non-hydrogen) atoms. The van der Waals surface area contributed by atoms with Crippen molar-refractivity contribution in [2.75, 3.05) is 25.5 Å². The lowest BCUT2D eigenvalue weighted by Crippen LogP contribution is -2.25. The Kier molecular flexibility index (Phi) is 8.25. The third-order valence-corrected chi connectivity index (χ3v) is 6.26. The fourth-order valence-electron chi connectivity index (χ4n) is 4.33. The van der Waals surface area contributed by atoms with Crippen molar-refractivity contribution in [3.8, 4) is 11.5 Å². The van der Waals surface area contributed by atoms with Gasteiger partial charge in [-0.1, -0.05) is 32.1 Å². The second-order valence-corrected chi connectivity index (χ2v) is 8.93. The fraction of sp³-hybridized carbons (Fsp3) is 0.321. The Labute approximate surface area is 215 Å². The van der Waals surface area contributed by atoms with Gasteiger partial charge in [-0.05, 0) is 48.7 Å². The first-order chi connectivity index (χ1) is 17.9. The zero-order valence-electron chi connectivity index (χ0n) is 21.0. The molecule has 0 atom stereocenters. The first-order valence-electron chi connectivity index (χ1n) is 12.5. The van der Waals surface area contributed by atoms with Crippen molar-refractivity contribution >= 4 is 33.7 Å². The molecule has 0 unspecified atom stereocenters. The smallest absolute Gasteiger partial charge is 0.243 e. The van der Waals surface area contributed by atoms with Gasteiger partial charge in [0, 0.05) is 23.9 Å². The number of imidazole rings is 1. The molecule has 1 amide bonds. The maximum Gasteiger partial charge on any atom is 0.243 e. The van der Waals surface area contributed by atoms with Gasteiger partial charge in [-0.3, -0.25) is 4.79 Å². The van der Waals surface area contributed by atoms with E-state index in [1.807, 2.05) is 18.2 Å². The van der Waals surface area contributed by atoms with Crippen LogP contribution in [0.3, 0.4) is 0 Å². The monoisotopic (exact) mass is 503 g/mol. The molecular formula is C28H33N5O4. The van der Waals surface area contributed by atoms with Gasteiger partial charge in [0.1, 0.15) is 22.8 Å². The molecule has 2 aromatic carbocycles. The first kappa shape index (κ1) is 26.0. The summed E-state index contributed by atoms with van der Waals surface area (Å²) in [4.78, 5) is 20.7. The third kappa shape index (κ3) is 6.00. The third-order valence-electron chi connectivity index (χ3n) is 6.26. The van der Waals surface area contributed by atoms with Gasteiger partial charge >= 0.3 is 0 Å². The van der Waals surface area contributed by atoms with E-state index in [0.717, 1.165) is 47.1 Å². The predicted molar refractivity (Wildman–Crippen MR) is 145 cm³/mol. The Morgan fingerprint density at radius 1 is 1.16 bits per heavy atom. The number of carbonyl (C=O) groups excluding carboxylic acids is 1. The van der Waals surface area contributed by atoms with E-state index in [1.165, 1.54) is 18.2 Å². The van der Waals surface area contributed by atoms with Crippen molar-refractivity contribution < 1.29 is 19.7 Å². The summed E-state index contributed by atoms with van der Waals surface area (Å²) in [5.74, 6) is 1.20. The fourth-order valence-corrected chi connectivity index (χ4v) is 4.33. The van der Waals surface area contributed by atoms with Crippen LogP contribution in [0.4, 0.5) is 5.82 Å². The van der Waals surface area contributed by atoms with Crippen LogP contribution in [-0.2, 0) is 28.9 Å². The summed E-state index contributed by atoms with van der Waals surface area (Å²) in [7, 11) is 0. The number of benzene rings is 2. The predicted octanol–water partition coefficient (Wildman–Crippen LogP) is 3.83. The number of phenolic OH excluding ortho intramolecular Hbond substituents is 2. The van der Waals surface area contributed by atoms with Gasteiger partial charge in [0.2, 0.25) is 5.91 Å². The van der Waals surface area contributed by atoms with E-state index in [1.54, 1.807) is 6.07 Å². The average molecular weight is 504 g/mol. The molecule has 0 spiro atoms. The number of hydrogen-bond donors (Lipinski definition) is 4. The molecule has 0 aliphatic rings. The number of nitrogens with two attached hydrogens (primary N) is 1. The van der Waals surface area contributed by atoms with Crippen LogP contribution in [0.2, 0.25) is 0 Å². The van der Waals surface area contributed by atoms with Crippen LogP contribution in [0.25, 0.3) is 21.9 Å². The van der Waals surface area contributed by atoms with E-state index >= 15 is 0 Å². The number of aromatic nitrogens is 3. The molecule has 0 fully saturated rings. The van der Waals surface area contributed by atoms with E-state index in [2.05, 4.69) is 28.4 Å². The molecule has 4 aromatic rings. The summed E-state index contributed by atoms with van der Waals surface area (Å²) in [6.07, 6.45) is 4.65. The number of nitrogens with one attached hydrogen (secondary N) is 1. The van der Waals surface area contributed by atoms with E-state index in [9.17, 15) is 15.0 Å². The minimum atomic E-state index is -0.218. The Hall–Kier alpha value is -4.11. The number of unbranched alkanes of at least 4 members (excludes halogenated alkanes) is 1. The lowest BCUT2D eigenvalue weighted by atomic mass is 10.1. The van der Waals surface area contributed by atoms with Gasteiger partial charge in [0.15, 0.2) is 5.82 Å². The minimum absolute atomic E-state index is 0.0910. The van der Waals surface area contributed by atoms with E-state index in [0.29, 0.717) is 49.6 Å². The number of nitrogen functional groups attached to an aromatic ring is 1. The number of aryl methyl sites for hydroxylation is 1. The molecule has 0 saturated carbocycles. The van der Waals surface area contributed by atoms with Crippen LogP contribution in [0.1, 0.15) is 36.7 Å². The largest absolute Gasteiger partial charge is 0.508 e. The number of aromatic hydroxyl groups is 2. The molecule has 0 radical (unpaired) electrons. The van der Waals surface area contributed by atoms with Crippen LogP contribution in [-0.4, -0.2) is 50.4 Å². The molecule has 2 aromatic heterocycles. The normalized spacial score (nSPS) is 11.3. The Balaban J connectivity index is 1.64. The molecule has 0 aliphatic carbocycles. The highest BCUT2D eigenvalue weighted by atomic mass is 16.5. The van der Waals surface area contributed by atoms with Crippen molar-refractivity contribution in [1.82, 2.24) is 19.9 Å². The Morgan fingerprint density at radius 3 is 2.78 bits per heavy atom. The number of carbonyl (C=O) groups is 1. The standard InChI is InChI=1S/C28H33N5O4/c1-3-5-6-24-32-26-27(33(24)17-19-16-20(34)8-10-23(19)35)21-9-7-18(15-22(21)31-28(26)29)11-13-37-14-12-30-25(36)4-2/h4,7-10,15-16,34-35H,2-3,5-6,11-14,17H2,1H3,(H2,29,31)(H,30,36). The number of phenols is 2. The van der Waals surface area contributed by atoms with Gasteiger partial charge in [0.05, 0.1) is 30.8 Å². The van der Waals surface area contributed by atoms with Crippen molar-refractivity contribution in [2.24, 2.45) is 0 Å². The van der Waals surface area contributed by atoms with E-state index < -0.39 is 0 Å². The SMILES string of the molecule is C=CC(=O)NCCOCCc1ccc2c(c1)nc(N)c1nc(CCCC)n(Cc3cc(O)ccc3O)c12. The maximum absolute atomic E-state index is 11.2.